The summed E-state index contributed by atoms with van der Waals surface area (Å²) in [6, 6.07) is -0.384. The fourth-order valence-electron chi connectivity index (χ4n) is 2.37. The first-order valence-corrected chi connectivity index (χ1v) is 7.90. The number of carbonyl (C=O) groups excluding carboxylic acids is 1. The maximum absolute atomic E-state index is 12.3. The number of rotatable bonds is 6. The predicted molar refractivity (Wildman–Crippen MR) is 89.5 cm³/mol. The molecule has 0 spiro atoms. The lowest BCUT2D eigenvalue weighted by molar-refractivity contribution is -0.119. The minimum absolute atomic E-state index is 0.128. The van der Waals surface area contributed by atoms with E-state index in [1.54, 1.807) is 21.8 Å². The molecule has 1 amide bonds. The summed E-state index contributed by atoms with van der Waals surface area (Å²) in [5.41, 5.74) is 2.76. The van der Waals surface area contributed by atoms with E-state index >= 15 is 0 Å². The predicted octanol–water partition coefficient (Wildman–Crippen LogP) is 1.85. The van der Waals surface area contributed by atoms with Crippen molar-refractivity contribution in [3.05, 3.63) is 48.3 Å². The van der Waals surface area contributed by atoms with Crippen molar-refractivity contribution in [2.75, 3.05) is 5.32 Å². The Labute approximate surface area is 140 Å². The number of aromatic nitrogens is 6. The van der Waals surface area contributed by atoms with Crippen LogP contribution in [0.25, 0.3) is 0 Å². The van der Waals surface area contributed by atoms with Gasteiger partial charge < -0.3 is 5.32 Å². The van der Waals surface area contributed by atoms with Crippen molar-refractivity contribution in [2.24, 2.45) is 0 Å². The van der Waals surface area contributed by atoms with Gasteiger partial charge in [-0.25, -0.2) is 0 Å². The normalized spacial score (nSPS) is 12.3. The van der Waals surface area contributed by atoms with Crippen LogP contribution < -0.4 is 5.32 Å². The van der Waals surface area contributed by atoms with Crippen LogP contribution in [-0.2, 0) is 17.9 Å². The number of anilines is 1. The Balaban J connectivity index is 1.62. The van der Waals surface area contributed by atoms with Crippen molar-refractivity contribution in [1.82, 2.24) is 29.3 Å². The molecule has 3 heterocycles. The van der Waals surface area contributed by atoms with Gasteiger partial charge in [0.25, 0.3) is 0 Å². The molecule has 8 nitrogen and oxygen atoms in total. The Kier molecular flexibility index (Phi) is 4.45. The molecule has 0 saturated heterocycles. The first-order chi connectivity index (χ1) is 11.5. The van der Waals surface area contributed by atoms with E-state index in [4.69, 9.17) is 0 Å². The summed E-state index contributed by atoms with van der Waals surface area (Å²) in [5.74, 6) is -0.128. The lowest BCUT2D eigenvalue weighted by Crippen LogP contribution is -2.23. The minimum atomic E-state index is -0.384. The third-order valence-electron chi connectivity index (χ3n) is 3.76. The summed E-state index contributed by atoms with van der Waals surface area (Å²) >= 11 is 0. The molecule has 0 aromatic carbocycles. The fraction of sp³-hybridized carbons (Fsp3) is 0.375. The molecule has 3 rings (SSSR count). The molecule has 3 aromatic rings. The molecule has 126 valence electrons. The molecule has 0 bridgehead atoms. The van der Waals surface area contributed by atoms with E-state index in [-0.39, 0.29) is 11.9 Å². The summed E-state index contributed by atoms with van der Waals surface area (Å²) in [7, 11) is 0. The van der Waals surface area contributed by atoms with Gasteiger partial charge in [-0.1, -0.05) is 0 Å². The lowest BCUT2D eigenvalue weighted by atomic mass is 10.3. The van der Waals surface area contributed by atoms with Gasteiger partial charge in [0.15, 0.2) is 0 Å². The monoisotopic (exact) mass is 327 g/mol. The van der Waals surface area contributed by atoms with E-state index in [0.29, 0.717) is 12.2 Å². The van der Waals surface area contributed by atoms with Gasteiger partial charge in [0.2, 0.25) is 5.91 Å². The van der Waals surface area contributed by atoms with Gasteiger partial charge in [-0.2, -0.15) is 15.3 Å². The first-order valence-electron chi connectivity index (χ1n) is 7.90. The molecule has 1 unspecified atom stereocenters. The maximum Gasteiger partial charge on any atom is 0.249 e. The lowest BCUT2D eigenvalue weighted by Gasteiger charge is -2.11. The van der Waals surface area contributed by atoms with Gasteiger partial charge in [0.05, 0.1) is 30.8 Å². The molecule has 0 fully saturated rings. The molecular formula is C16H21N7O. The second kappa shape index (κ2) is 6.69. The van der Waals surface area contributed by atoms with Crippen LogP contribution in [0.5, 0.6) is 0 Å². The van der Waals surface area contributed by atoms with Crippen LogP contribution >= 0.6 is 0 Å². The summed E-state index contributed by atoms with van der Waals surface area (Å²) in [5, 5.41) is 15.6. The van der Waals surface area contributed by atoms with E-state index in [2.05, 4.69) is 20.6 Å². The second-order valence-corrected chi connectivity index (χ2v) is 5.79. The van der Waals surface area contributed by atoms with Crippen molar-refractivity contribution < 1.29 is 4.79 Å². The average Bonchev–Trinajstić information content (AvgIpc) is 3.29. The number of aryl methyl sites for hydroxylation is 2. The molecule has 1 atom stereocenters. The average molecular weight is 327 g/mol. The zero-order valence-corrected chi connectivity index (χ0v) is 14.0. The first kappa shape index (κ1) is 16.0. The third-order valence-corrected chi connectivity index (χ3v) is 3.76. The Morgan fingerprint density at radius 2 is 1.92 bits per heavy atom. The zero-order chi connectivity index (χ0) is 17.1. The van der Waals surface area contributed by atoms with E-state index in [0.717, 1.165) is 17.7 Å². The van der Waals surface area contributed by atoms with Crippen molar-refractivity contribution in [1.29, 1.82) is 0 Å². The number of amides is 1. The highest BCUT2D eigenvalue weighted by Crippen LogP contribution is 2.12. The van der Waals surface area contributed by atoms with Crippen molar-refractivity contribution in [2.45, 2.75) is 39.9 Å². The molecule has 0 radical (unpaired) electrons. The van der Waals surface area contributed by atoms with E-state index in [9.17, 15) is 4.79 Å². The number of nitrogens with zero attached hydrogens (tertiary/aromatic N) is 6. The molecule has 3 aromatic heterocycles. The maximum atomic E-state index is 12.3. The molecule has 1 N–H and O–H groups in total. The molecule has 0 aliphatic rings. The van der Waals surface area contributed by atoms with Crippen LogP contribution in [0.15, 0.2) is 37.2 Å². The van der Waals surface area contributed by atoms with Crippen LogP contribution in [-0.4, -0.2) is 35.2 Å². The Morgan fingerprint density at radius 1 is 1.12 bits per heavy atom. The second-order valence-electron chi connectivity index (χ2n) is 5.79. The molecule has 0 saturated carbocycles. The molecule has 0 aliphatic carbocycles. The highest BCUT2D eigenvalue weighted by molar-refractivity contribution is 5.93. The standard InChI is InChI=1S/C16H21N7O/c1-4-21-9-14(6-17-21)10-22-11-15(7-18-22)20-16(24)13(3)23-8-12(2)5-19-23/h5-9,11,13H,4,10H2,1-3H3,(H,20,24). The third kappa shape index (κ3) is 3.53. The van der Waals surface area contributed by atoms with Crippen LogP contribution in [0.3, 0.4) is 0 Å². The number of hydrogen-bond donors (Lipinski definition) is 1. The van der Waals surface area contributed by atoms with Gasteiger partial charge in [0, 0.05) is 30.7 Å². The number of hydrogen-bond acceptors (Lipinski definition) is 4. The quantitative estimate of drug-likeness (QED) is 0.749. The van der Waals surface area contributed by atoms with Crippen LogP contribution in [0.1, 0.15) is 31.0 Å². The minimum Gasteiger partial charge on any atom is -0.322 e. The highest BCUT2D eigenvalue weighted by atomic mass is 16.2. The molecular weight excluding hydrogens is 306 g/mol. The van der Waals surface area contributed by atoms with Crippen LogP contribution in [0.2, 0.25) is 0 Å². The SMILES string of the molecule is CCn1cc(Cn2cc(NC(=O)C(C)n3cc(C)cn3)cn2)cn1. The summed E-state index contributed by atoms with van der Waals surface area (Å²) in [6.45, 7) is 7.25. The number of carbonyl (C=O) groups is 1. The van der Waals surface area contributed by atoms with E-state index < -0.39 is 0 Å². The smallest absolute Gasteiger partial charge is 0.249 e. The van der Waals surface area contributed by atoms with Crippen molar-refractivity contribution >= 4 is 11.6 Å². The summed E-state index contributed by atoms with van der Waals surface area (Å²) in [4.78, 5) is 12.3. The molecule has 24 heavy (non-hydrogen) atoms. The van der Waals surface area contributed by atoms with Gasteiger partial charge in [-0.15, -0.1) is 0 Å². The van der Waals surface area contributed by atoms with Crippen LogP contribution in [0.4, 0.5) is 5.69 Å². The largest absolute Gasteiger partial charge is 0.322 e. The van der Waals surface area contributed by atoms with Gasteiger partial charge >= 0.3 is 0 Å². The Morgan fingerprint density at radius 3 is 2.58 bits per heavy atom. The van der Waals surface area contributed by atoms with E-state index in [1.807, 2.05) is 50.2 Å². The van der Waals surface area contributed by atoms with Crippen molar-refractivity contribution in [3.8, 4) is 0 Å². The molecule has 8 heteroatoms. The van der Waals surface area contributed by atoms with E-state index in [1.165, 1.54) is 0 Å². The Bertz CT molecular complexity index is 829. The van der Waals surface area contributed by atoms with Gasteiger partial charge in [-0.05, 0) is 26.3 Å². The fourth-order valence-corrected chi connectivity index (χ4v) is 2.37. The van der Waals surface area contributed by atoms with Crippen LogP contribution in [0, 0.1) is 6.92 Å². The highest BCUT2D eigenvalue weighted by Gasteiger charge is 2.16. The van der Waals surface area contributed by atoms with Crippen molar-refractivity contribution in [3.63, 3.8) is 0 Å². The summed E-state index contributed by atoms with van der Waals surface area (Å²) < 4.78 is 5.29. The number of nitrogens with one attached hydrogen (secondary N) is 1. The Hall–Kier alpha value is -2.90. The van der Waals surface area contributed by atoms with Gasteiger partial charge in [-0.3, -0.25) is 18.8 Å². The zero-order valence-electron chi connectivity index (χ0n) is 14.0. The molecule has 0 aliphatic heterocycles. The van der Waals surface area contributed by atoms with Gasteiger partial charge in [0.1, 0.15) is 6.04 Å². The topological polar surface area (TPSA) is 82.6 Å². The summed E-state index contributed by atoms with van der Waals surface area (Å²) in [6.07, 6.45) is 10.8.